The molecule has 2 heterocycles. The topological polar surface area (TPSA) is 64.7 Å². The fraction of sp³-hybridized carbons (Fsp3) is 0.409. The van der Waals surface area contributed by atoms with Crippen molar-refractivity contribution in [2.75, 3.05) is 0 Å². The summed E-state index contributed by atoms with van der Waals surface area (Å²) in [5.41, 5.74) is 2.62. The van der Waals surface area contributed by atoms with Crippen molar-refractivity contribution < 1.29 is 5.11 Å². The molecular formula is C22H25N3O. The summed E-state index contributed by atoms with van der Waals surface area (Å²) in [6, 6.07) is 16.7. The van der Waals surface area contributed by atoms with Gasteiger partial charge in [-0.3, -0.25) is 5.10 Å². The van der Waals surface area contributed by atoms with E-state index in [4.69, 9.17) is 0 Å². The molecule has 4 heteroatoms. The van der Waals surface area contributed by atoms with Crippen LogP contribution in [-0.4, -0.2) is 20.3 Å². The summed E-state index contributed by atoms with van der Waals surface area (Å²) >= 11 is 0. The van der Waals surface area contributed by atoms with Crippen LogP contribution in [0.1, 0.15) is 36.2 Å². The molecule has 1 aromatic carbocycles. The lowest BCUT2D eigenvalue weighted by atomic mass is 9.75. The van der Waals surface area contributed by atoms with Crippen molar-refractivity contribution >= 4 is 0 Å². The number of nitrogens with one attached hydrogen (secondary N) is 2. The van der Waals surface area contributed by atoms with Gasteiger partial charge >= 0.3 is 0 Å². The number of aromatic nitrogens is 3. The lowest BCUT2D eigenvalue weighted by Gasteiger charge is -2.36. The number of H-pyrrole nitrogens is 2. The molecule has 2 aliphatic carbocycles. The quantitative estimate of drug-likeness (QED) is 0.657. The zero-order valence-corrected chi connectivity index (χ0v) is 14.9. The van der Waals surface area contributed by atoms with Gasteiger partial charge in [0.05, 0.1) is 5.69 Å². The molecule has 26 heavy (non-hydrogen) atoms. The van der Waals surface area contributed by atoms with E-state index in [-0.39, 0.29) is 11.3 Å². The number of hydrogen-bond acceptors (Lipinski definition) is 2. The molecular weight excluding hydrogens is 322 g/mol. The van der Waals surface area contributed by atoms with E-state index >= 15 is 0 Å². The van der Waals surface area contributed by atoms with Crippen molar-refractivity contribution in [3.05, 3.63) is 77.9 Å². The highest BCUT2D eigenvalue weighted by Gasteiger charge is 2.71. The first-order chi connectivity index (χ1) is 12.7. The van der Waals surface area contributed by atoms with E-state index in [1.807, 2.05) is 18.3 Å². The average Bonchev–Trinajstić information content (AvgIpc) is 3.11. The number of aromatic amines is 2. The molecule has 0 aliphatic heterocycles. The minimum Gasteiger partial charge on any atom is -0.383 e. The first-order valence-corrected chi connectivity index (χ1v) is 9.61. The molecule has 134 valence electrons. The molecule has 4 atom stereocenters. The lowest BCUT2D eigenvalue weighted by molar-refractivity contribution is -0.0646. The number of nitrogens with zero attached hydrogens (tertiary/aromatic N) is 1. The highest BCUT2D eigenvalue weighted by atomic mass is 16.3. The molecule has 3 N–H and O–H groups in total. The second-order valence-corrected chi connectivity index (χ2v) is 8.12. The molecule has 0 radical (unpaired) electrons. The van der Waals surface area contributed by atoms with Crippen LogP contribution >= 0.6 is 0 Å². The van der Waals surface area contributed by atoms with E-state index in [2.05, 4.69) is 51.6 Å². The van der Waals surface area contributed by atoms with Crippen molar-refractivity contribution in [2.24, 2.45) is 17.3 Å². The van der Waals surface area contributed by atoms with E-state index in [1.165, 1.54) is 11.3 Å². The van der Waals surface area contributed by atoms with Gasteiger partial charge in [0.15, 0.2) is 0 Å². The Morgan fingerprint density at radius 3 is 2.65 bits per heavy atom. The largest absolute Gasteiger partial charge is 0.383 e. The molecule has 1 spiro atoms. The number of benzene rings is 1. The van der Waals surface area contributed by atoms with E-state index < -0.39 is 5.60 Å². The van der Waals surface area contributed by atoms with E-state index in [0.29, 0.717) is 5.92 Å². The normalized spacial score (nSPS) is 33.0. The van der Waals surface area contributed by atoms with Gasteiger partial charge < -0.3 is 10.1 Å². The van der Waals surface area contributed by atoms with Gasteiger partial charge in [-0.2, -0.15) is 5.10 Å². The van der Waals surface area contributed by atoms with Crippen molar-refractivity contribution in [1.29, 1.82) is 0 Å². The Balaban J connectivity index is 1.47. The molecule has 3 aromatic rings. The predicted molar refractivity (Wildman–Crippen MR) is 100 cm³/mol. The van der Waals surface area contributed by atoms with Crippen LogP contribution in [0.15, 0.2) is 60.9 Å². The van der Waals surface area contributed by atoms with Gasteiger partial charge in [-0.15, -0.1) is 0 Å². The molecule has 4 unspecified atom stereocenters. The summed E-state index contributed by atoms with van der Waals surface area (Å²) in [4.78, 5) is 3.33. The minimum absolute atomic E-state index is 0.0237. The van der Waals surface area contributed by atoms with E-state index in [1.54, 1.807) is 6.20 Å². The zero-order chi connectivity index (χ0) is 17.6. The second kappa shape index (κ2) is 5.85. The van der Waals surface area contributed by atoms with Crippen LogP contribution in [0.2, 0.25) is 0 Å². The third-order valence-corrected chi connectivity index (χ3v) is 6.89. The minimum atomic E-state index is -0.823. The summed E-state index contributed by atoms with van der Waals surface area (Å²) < 4.78 is 0. The van der Waals surface area contributed by atoms with Gasteiger partial charge in [-0.05, 0) is 67.7 Å². The molecule has 4 nitrogen and oxygen atoms in total. The molecule has 2 saturated carbocycles. The Morgan fingerprint density at radius 1 is 1.04 bits per heavy atom. The number of rotatable bonds is 5. The maximum Gasteiger partial charge on any atom is 0.115 e. The summed E-state index contributed by atoms with van der Waals surface area (Å²) in [7, 11) is 0. The highest BCUT2D eigenvalue weighted by Crippen LogP contribution is 2.73. The highest BCUT2D eigenvalue weighted by molar-refractivity contribution is 5.31. The van der Waals surface area contributed by atoms with Crippen LogP contribution in [0, 0.1) is 17.3 Å². The maximum atomic E-state index is 12.1. The SMILES string of the molecule is OC1(c2ccn[nH]2)C(Cc2ccccc2)CCC12CC2Cc1ccc[nH]1. The average molecular weight is 347 g/mol. The summed E-state index contributed by atoms with van der Waals surface area (Å²) in [6.45, 7) is 0. The van der Waals surface area contributed by atoms with E-state index in [0.717, 1.165) is 37.8 Å². The van der Waals surface area contributed by atoms with Gasteiger partial charge in [0.1, 0.15) is 5.60 Å². The van der Waals surface area contributed by atoms with Crippen molar-refractivity contribution in [3.63, 3.8) is 0 Å². The van der Waals surface area contributed by atoms with Crippen LogP contribution in [0.25, 0.3) is 0 Å². The van der Waals surface area contributed by atoms with Crippen molar-refractivity contribution in [2.45, 2.75) is 37.7 Å². The van der Waals surface area contributed by atoms with E-state index in [9.17, 15) is 5.11 Å². The van der Waals surface area contributed by atoms with Gasteiger partial charge in [-0.25, -0.2) is 0 Å². The molecule has 2 aliphatic rings. The second-order valence-electron chi connectivity index (χ2n) is 8.12. The van der Waals surface area contributed by atoms with Crippen molar-refractivity contribution in [1.82, 2.24) is 15.2 Å². The molecule has 5 rings (SSSR count). The Morgan fingerprint density at radius 2 is 1.92 bits per heavy atom. The van der Waals surface area contributed by atoms with Gasteiger partial charge in [-0.1, -0.05) is 30.3 Å². The fourth-order valence-electron chi connectivity index (χ4n) is 5.52. The molecule has 0 saturated heterocycles. The summed E-state index contributed by atoms with van der Waals surface area (Å²) in [6.07, 6.45) is 8.91. The molecule has 0 amide bonds. The Bertz CT molecular complexity index is 858. The molecule has 2 aromatic heterocycles. The van der Waals surface area contributed by atoms with Gasteiger partial charge in [0.25, 0.3) is 0 Å². The molecule has 2 fully saturated rings. The third kappa shape index (κ3) is 2.28. The van der Waals surface area contributed by atoms with Crippen molar-refractivity contribution in [3.8, 4) is 0 Å². The number of aliphatic hydroxyl groups is 1. The standard InChI is InChI=1S/C22H25N3O/c26-22(20-9-12-24-25-20)17(13-16-5-2-1-3-6-16)8-10-21(22)15-18(21)14-19-7-4-11-23-19/h1-7,9,11-12,17-18,23,26H,8,10,13-15H2,(H,24,25). The third-order valence-electron chi connectivity index (χ3n) is 6.89. The zero-order valence-electron chi connectivity index (χ0n) is 14.9. The molecule has 0 bridgehead atoms. The van der Waals surface area contributed by atoms with Crippen LogP contribution in [0.5, 0.6) is 0 Å². The Hall–Kier alpha value is -2.33. The van der Waals surface area contributed by atoms with Gasteiger partial charge in [0.2, 0.25) is 0 Å². The first-order valence-electron chi connectivity index (χ1n) is 9.61. The Kier molecular flexibility index (Phi) is 3.57. The maximum absolute atomic E-state index is 12.1. The van der Waals surface area contributed by atoms with Crippen LogP contribution in [0.4, 0.5) is 0 Å². The predicted octanol–water partition coefficient (Wildman–Crippen LogP) is 3.83. The van der Waals surface area contributed by atoms with Crippen LogP contribution in [0.3, 0.4) is 0 Å². The summed E-state index contributed by atoms with van der Waals surface area (Å²) in [5.74, 6) is 0.745. The Labute approximate surface area is 153 Å². The fourth-order valence-corrected chi connectivity index (χ4v) is 5.52. The number of hydrogen-bond donors (Lipinski definition) is 3. The smallest absolute Gasteiger partial charge is 0.115 e. The summed E-state index contributed by atoms with van der Waals surface area (Å²) in [5, 5.41) is 19.3. The first kappa shape index (κ1) is 15.9. The van der Waals surface area contributed by atoms with Gasteiger partial charge in [0, 0.05) is 23.5 Å². The van der Waals surface area contributed by atoms with Crippen LogP contribution in [-0.2, 0) is 18.4 Å². The monoisotopic (exact) mass is 347 g/mol. The lowest BCUT2D eigenvalue weighted by Crippen LogP contribution is -2.40. The van der Waals surface area contributed by atoms with Crippen LogP contribution < -0.4 is 0 Å².